The standard InChI is InChI=1S/C18H22O3/c19-17(20)18(8-9-21-16(18)14-6-7-14)11-12-4-5-13-2-1-3-15(13)10-12/h4-5,10,14,16H,1-3,6-9,11H2,(H,19,20). The van der Waals surface area contributed by atoms with Crippen LogP contribution in [0, 0.1) is 11.3 Å². The molecule has 0 spiro atoms. The molecule has 0 aromatic heterocycles. The van der Waals surface area contributed by atoms with Gasteiger partial charge in [-0.3, -0.25) is 4.79 Å². The Kier molecular flexibility index (Phi) is 3.07. The summed E-state index contributed by atoms with van der Waals surface area (Å²) in [5.41, 5.74) is 3.35. The second-order valence-corrected chi connectivity index (χ2v) is 6.97. The predicted molar refractivity (Wildman–Crippen MR) is 79.3 cm³/mol. The summed E-state index contributed by atoms with van der Waals surface area (Å²) in [6, 6.07) is 6.58. The molecular weight excluding hydrogens is 264 g/mol. The van der Waals surface area contributed by atoms with Crippen LogP contribution in [-0.2, 0) is 28.8 Å². The highest BCUT2D eigenvalue weighted by atomic mass is 16.5. The number of aliphatic carboxylic acids is 1. The monoisotopic (exact) mass is 286 g/mol. The van der Waals surface area contributed by atoms with Crippen LogP contribution in [0.4, 0.5) is 0 Å². The van der Waals surface area contributed by atoms with Gasteiger partial charge in [0, 0.05) is 6.61 Å². The number of hydrogen-bond donors (Lipinski definition) is 1. The summed E-state index contributed by atoms with van der Waals surface area (Å²) >= 11 is 0. The lowest BCUT2D eigenvalue weighted by Crippen LogP contribution is -2.42. The van der Waals surface area contributed by atoms with Crippen molar-refractivity contribution >= 4 is 5.97 Å². The maximum absolute atomic E-state index is 12.0. The Bertz CT molecular complexity index is 576. The Balaban J connectivity index is 1.64. The van der Waals surface area contributed by atoms with E-state index in [1.807, 2.05) is 0 Å². The smallest absolute Gasteiger partial charge is 0.312 e. The number of carbonyl (C=O) groups is 1. The van der Waals surface area contributed by atoms with E-state index in [1.54, 1.807) is 0 Å². The van der Waals surface area contributed by atoms with Crippen molar-refractivity contribution in [1.29, 1.82) is 0 Å². The molecule has 2 unspecified atom stereocenters. The van der Waals surface area contributed by atoms with Gasteiger partial charge in [0.05, 0.1) is 6.10 Å². The molecule has 112 valence electrons. The Hall–Kier alpha value is -1.35. The van der Waals surface area contributed by atoms with E-state index in [0.29, 0.717) is 25.4 Å². The van der Waals surface area contributed by atoms with Gasteiger partial charge in [0.15, 0.2) is 0 Å². The zero-order chi connectivity index (χ0) is 14.4. The molecular formula is C18H22O3. The van der Waals surface area contributed by atoms with E-state index in [1.165, 1.54) is 29.5 Å². The van der Waals surface area contributed by atoms with E-state index < -0.39 is 11.4 Å². The fraction of sp³-hybridized carbons (Fsp3) is 0.611. The van der Waals surface area contributed by atoms with Gasteiger partial charge in [-0.05, 0) is 67.6 Å². The van der Waals surface area contributed by atoms with Crippen LogP contribution in [0.25, 0.3) is 0 Å². The van der Waals surface area contributed by atoms with Gasteiger partial charge in [0.2, 0.25) is 0 Å². The Morgan fingerprint density at radius 1 is 1.29 bits per heavy atom. The normalized spacial score (nSPS) is 31.3. The van der Waals surface area contributed by atoms with Crippen molar-refractivity contribution in [1.82, 2.24) is 0 Å². The van der Waals surface area contributed by atoms with E-state index in [9.17, 15) is 9.90 Å². The van der Waals surface area contributed by atoms with Gasteiger partial charge in [-0.1, -0.05) is 18.2 Å². The molecule has 2 fully saturated rings. The summed E-state index contributed by atoms with van der Waals surface area (Å²) in [6.07, 6.45) is 7.00. The number of aryl methyl sites for hydroxylation is 2. The zero-order valence-electron chi connectivity index (χ0n) is 12.3. The van der Waals surface area contributed by atoms with Gasteiger partial charge in [-0.2, -0.15) is 0 Å². The molecule has 2 atom stereocenters. The lowest BCUT2D eigenvalue weighted by Gasteiger charge is -2.30. The highest BCUT2D eigenvalue weighted by molar-refractivity contribution is 5.76. The minimum absolute atomic E-state index is 0.0803. The molecule has 1 aliphatic heterocycles. The highest BCUT2D eigenvalue weighted by Crippen LogP contribution is 2.49. The summed E-state index contributed by atoms with van der Waals surface area (Å²) in [5, 5.41) is 9.89. The molecule has 0 radical (unpaired) electrons. The van der Waals surface area contributed by atoms with Crippen molar-refractivity contribution in [3.05, 3.63) is 34.9 Å². The number of fused-ring (bicyclic) bond motifs is 1. The maximum Gasteiger partial charge on any atom is 0.312 e. The molecule has 21 heavy (non-hydrogen) atoms. The molecule has 3 aliphatic rings. The Morgan fingerprint density at radius 3 is 2.86 bits per heavy atom. The van der Waals surface area contributed by atoms with E-state index in [-0.39, 0.29) is 6.10 Å². The van der Waals surface area contributed by atoms with Crippen molar-refractivity contribution in [3.8, 4) is 0 Å². The van der Waals surface area contributed by atoms with Crippen LogP contribution in [0.5, 0.6) is 0 Å². The topological polar surface area (TPSA) is 46.5 Å². The number of carboxylic acid groups (broad SMARTS) is 1. The summed E-state index contributed by atoms with van der Waals surface area (Å²) in [4.78, 5) is 12.0. The van der Waals surface area contributed by atoms with Crippen molar-refractivity contribution in [2.75, 3.05) is 6.61 Å². The first-order chi connectivity index (χ1) is 10.2. The number of benzene rings is 1. The van der Waals surface area contributed by atoms with Crippen LogP contribution in [-0.4, -0.2) is 23.8 Å². The number of carboxylic acids is 1. The van der Waals surface area contributed by atoms with Crippen LogP contribution in [0.1, 0.15) is 42.4 Å². The van der Waals surface area contributed by atoms with Gasteiger partial charge < -0.3 is 9.84 Å². The minimum Gasteiger partial charge on any atom is -0.481 e. The number of rotatable bonds is 4. The molecule has 4 rings (SSSR count). The molecule has 0 amide bonds. The molecule has 0 bridgehead atoms. The van der Waals surface area contributed by atoms with Crippen molar-refractivity contribution in [3.63, 3.8) is 0 Å². The number of hydrogen-bond acceptors (Lipinski definition) is 2. The maximum atomic E-state index is 12.0. The fourth-order valence-corrected chi connectivity index (χ4v) is 4.25. The second kappa shape index (κ2) is 4.84. The largest absolute Gasteiger partial charge is 0.481 e. The van der Waals surface area contributed by atoms with E-state index >= 15 is 0 Å². The first kappa shape index (κ1) is 13.3. The lowest BCUT2D eigenvalue weighted by atomic mass is 9.74. The Morgan fingerprint density at radius 2 is 2.10 bits per heavy atom. The minimum atomic E-state index is -0.700. The molecule has 1 heterocycles. The van der Waals surface area contributed by atoms with E-state index in [2.05, 4.69) is 18.2 Å². The Labute approximate surface area is 125 Å². The van der Waals surface area contributed by atoms with E-state index in [4.69, 9.17) is 4.74 Å². The quantitative estimate of drug-likeness (QED) is 0.925. The average molecular weight is 286 g/mol. The zero-order valence-corrected chi connectivity index (χ0v) is 12.3. The van der Waals surface area contributed by atoms with Crippen molar-refractivity contribution < 1.29 is 14.6 Å². The SMILES string of the molecule is O=C(O)C1(Cc2ccc3c(c2)CCC3)CCOC1C1CC1. The van der Waals surface area contributed by atoms with Gasteiger partial charge in [-0.15, -0.1) is 0 Å². The average Bonchev–Trinajstić information content (AvgIpc) is 3.04. The van der Waals surface area contributed by atoms with Gasteiger partial charge >= 0.3 is 5.97 Å². The third kappa shape index (κ3) is 2.18. The fourth-order valence-electron chi connectivity index (χ4n) is 4.25. The molecule has 1 saturated carbocycles. The second-order valence-electron chi connectivity index (χ2n) is 6.97. The molecule has 1 saturated heterocycles. The predicted octanol–water partition coefficient (Wildman–Crippen LogP) is 2.99. The third-order valence-corrected chi connectivity index (χ3v) is 5.55. The molecule has 1 N–H and O–H groups in total. The van der Waals surface area contributed by atoms with Crippen LogP contribution in [0.15, 0.2) is 18.2 Å². The van der Waals surface area contributed by atoms with Crippen LogP contribution >= 0.6 is 0 Å². The molecule has 3 nitrogen and oxygen atoms in total. The molecule has 1 aromatic rings. The molecule has 1 aromatic carbocycles. The summed E-state index contributed by atoms with van der Waals surface area (Å²) in [5.74, 6) is -0.199. The number of ether oxygens (including phenoxy) is 1. The summed E-state index contributed by atoms with van der Waals surface area (Å²) in [6.45, 7) is 0.596. The van der Waals surface area contributed by atoms with Crippen LogP contribution in [0.2, 0.25) is 0 Å². The molecule has 3 heteroatoms. The first-order valence-corrected chi connectivity index (χ1v) is 8.15. The highest BCUT2D eigenvalue weighted by Gasteiger charge is 2.55. The van der Waals surface area contributed by atoms with Gasteiger partial charge in [-0.25, -0.2) is 0 Å². The lowest BCUT2D eigenvalue weighted by molar-refractivity contribution is -0.153. The van der Waals surface area contributed by atoms with Crippen molar-refractivity contribution in [2.45, 2.75) is 51.0 Å². The molecule has 2 aliphatic carbocycles. The van der Waals surface area contributed by atoms with E-state index in [0.717, 1.165) is 19.3 Å². The first-order valence-electron chi connectivity index (χ1n) is 8.15. The van der Waals surface area contributed by atoms with Crippen molar-refractivity contribution in [2.24, 2.45) is 11.3 Å². The third-order valence-electron chi connectivity index (χ3n) is 5.55. The van der Waals surface area contributed by atoms with Crippen LogP contribution in [0.3, 0.4) is 0 Å². The summed E-state index contributed by atoms with van der Waals surface area (Å²) in [7, 11) is 0. The van der Waals surface area contributed by atoms with Gasteiger partial charge in [0.1, 0.15) is 5.41 Å². The summed E-state index contributed by atoms with van der Waals surface area (Å²) < 4.78 is 5.84. The van der Waals surface area contributed by atoms with Gasteiger partial charge in [0.25, 0.3) is 0 Å². The van der Waals surface area contributed by atoms with Crippen LogP contribution < -0.4 is 0 Å².